The van der Waals surface area contributed by atoms with Crippen LogP contribution in [0.25, 0.3) is 11.0 Å². The molecule has 1 aromatic heterocycles. The molecule has 6 nitrogen and oxygen atoms in total. The van der Waals surface area contributed by atoms with Crippen LogP contribution in [-0.4, -0.2) is 29.2 Å². The molecule has 0 fully saturated rings. The summed E-state index contributed by atoms with van der Waals surface area (Å²) in [5, 5.41) is 8.71. The zero-order valence-electron chi connectivity index (χ0n) is 10.4. The van der Waals surface area contributed by atoms with Crippen molar-refractivity contribution in [3.05, 3.63) is 12.1 Å². The van der Waals surface area contributed by atoms with Crippen LogP contribution in [-0.2, 0) is 6.54 Å². The summed E-state index contributed by atoms with van der Waals surface area (Å²) in [6.45, 7) is 2.91. The zero-order chi connectivity index (χ0) is 11.5. The maximum absolute atomic E-state index is 5.21. The van der Waals surface area contributed by atoms with Crippen LogP contribution in [0.2, 0.25) is 0 Å². The van der Waals surface area contributed by atoms with Gasteiger partial charge in [-0.2, -0.15) is 15.0 Å². The molecule has 0 spiro atoms. The number of hydrogen-bond acceptors (Lipinski definition) is 5. The lowest BCUT2D eigenvalue weighted by Gasteiger charge is -2.05. The molecule has 2 rings (SSSR count). The zero-order valence-corrected chi connectivity index (χ0v) is 10.4. The van der Waals surface area contributed by atoms with Crippen LogP contribution in [0.4, 0.5) is 0 Å². The van der Waals surface area contributed by atoms with E-state index in [-0.39, 0.29) is 6.15 Å². The largest absolute Gasteiger partial charge is 0.493 e. The second-order valence-electron chi connectivity index (χ2n) is 3.49. The van der Waals surface area contributed by atoms with Gasteiger partial charge in [0.15, 0.2) is 11.5 Å². The summed E-state index contributed by atoms with van der Waals surface area (Å²) in [5.74, 6) is 1.36. The molecule has 0 aliphatic rings. The number of aryl methyl sites for hydroxylation is 1. The SMILES string of the molecule is CCCn1nc2cc(OC)c(OC)cc2n1.N. The average molecular weight is 238 g/mol. The van der Waals surface area contributed by atoms with Crippen LogP contribution < -0.4 is 15.6 Å². The van der Waals surface area contributed by atoms with Gasteiger partial charge in [-0.1, -0.05) is 6.92 Å². The van der Waals surface area contributed by atoms with Crippen LogP contribution in [0.15, 0.2) is 12.1 Å². The molecule has 0 saturated carbocycles. The van der Waals surface area contributed by atoms with Crippen molar-refractivity contribution < 1.29 is 9.47 Å². The van der Waals surface area contributed by atoms with Crippen molar-refractivity contribution >= 4 is 11.0 Å². The summed E-state index contributed by atoms with van der Waals surface area (Å²) >= 11 is 0. The topological polar surface area (TPSA) is 84.2 Å². The van der Waals surface area contributed by atoms with E-state index in [0.717, 1.165) is 24.0 Å². The van der Waals surface area contributed by atoms with Gasteiger partial charge in [0, 0.05) is 12.1 Å². The Labute approximate surface area is 100 Å². The van der Waals surface area contributed by atoms with E-state index in [0.29, 0.717) is 11.5 Å². The summed E-state index contributed by atoms with van der Waals surface area (Å²) in [5.41, 5.74) is 1.65. The van der Waals surface area contributed by atoms with E-state index in [1.807, 2.05) is 12.1 Å². The third-order valence-electron chi connectivity index (χ3n) is 2.35. The number of hydrogen-bond donors (Lipinski definition) is 1. The molecule has 17 heavy (non-hydrogen) atoms. The summed E-state index contributed by atoms with van der Waals surface area (Å²) in [4.78, 5) is 1.70. The molecule has 2 aromatic rings. The molecule has 0 saturated heterocycles. The van der Waals surface area contributed by atoms with E-state index in [2.05, 4.69) is 17.1 Å². The predicted molar refractivity (Wildman–Crippen MR) is 65.9 cm³/mol. The van der Waals surface area contributed by atoms with Crippen LogP contribution in [0.3, 0.4) is 0 Å². The summed E-state index contributed by atoms with van der Waals surface area (Å²) in [6.07, 6.45) is 1.01. The van der Waals surface area contributed by atoms with Crippen LogP contribution in [0, 0.1) is 0 Å². The number of benzene rings is 1. The fourth-order valence-corrected chi connectivity index (χ4v) is 1.59. The van der Waals surface area contributed by atoms with Gasteiger partial charge < -0.3 is 15.6 Å². The summed E-state index contributed by atoms with van der Waals surface area (Å²) in [6, 6.07) is 3.68. The molecule has 94 valence electrons. The minimum atomic E-state index is 0. The predicted octanol–water partition coefficient (Wildman–Crippen LogP) is 2.02. The monoisotopic (exact) mass is 238 g/mol. The normalized spacial score (nSPS) is 10.1. The number of fused-ring (bicyclic) bond motifs is 1. The quantitative estimate of drug-likeness (QED) is 0.880. The molecule has 1 heterocycles. The summed E-state index contributed by atoms with van der Waals surface area (Å²) in [7, 11) is 3.22. The lowest BCUT2D eigenvalue weighted by atomic mass is 10.3. The van der Waals surface area contributed by atoms with Crippen molar-refractivity contribution in [1.82, 2.24) is 21.1 Å². The van der Waals surface area contributed by atoms with Gasteiger partial charge in [-0.3, -0.25) is 0 Å². The second-order valence-corrected chi connectivity index (χ2v) is 3.49. The number of aromatic nitrogens is 3. The molecule has 6 heteroatoms. The van der Waals surface area contributed by atoms with Gasteiger partial charge in [0.25, 0.3) is 0 Å². The molecule has 0 aliphatic carbocycles. The fraction of sp³-hybridized carbons (Fsp3) is 0.455. The van der Waals surface area contributed by atoms with E-state index in [4.69, 9.17) is 9.47 Å². The summed E-state index contributed by atoms with van der Waals surface area (Å²) < 4.78 is 10.4. The smallest absolute Gasteiger partial charge is 0.163 e. The van der Waals surface area contributed by atoms with Crippen LogP contribution >= 0.6 is 0 Å². The Morgan fingerprint density at radius 1 is 1.06 bits per heavy atom. The molecule has 0 unspecified atom stereocenters. The highest BCUT2D eigenvalue weighted by Crippen LogP contribution is 2.30. The van der Waals surface area contributed by atoms with Crippen LogP contribution in [0.1, 0.15) is 13.3 Å². The lowest BCUT2D eigenvalue weighted by molar-refractivity contribution is 0.356. The van der Waals surface area contributed by atoms with Gasteiger partial charge in [-0.15, -0.1) is 0 Å². The Bertz CT molecular complexity index is 454. The molecule has 0 aliphatic heterocycles. The van der Waals surface area contributed by atoms with Crippen molar-refractivity contribution in [3.8, 4) is 11.5 Å². The second kappa shape index (κ2) is 5.49. The van der Waals surface area contributed by atoms with Crippen molar-refractivity contribution in [2.75, 3.05) is 14.2 Å². The van der Waals surface area contributed by atoms with Crippen molar-refractivity contribution in [2.24, 2.45) is 0 Å². The van der Waals surface area contributed by atoms with E-state index in [9.17, 15) is 0 Å². The number of ether oxygens (including phenoxy) is 2. The number of methoxy groups -OCH3 is 2. The third-order valence-corrected chi connectivity index (χ3v) is 2.35. The fourth-order valence-electron chi connectivity index (χ4n) is 1.59. The molecule has 0 bridgehead atoms. The molecule has 0 amide bonds. The van der Waals surface area contributed by atoms with Gasteiger partial charge in [-0.05, 0) is 6.42 Å². The Hall–Kier alpha value is -1.82. The molecule has 1 aromatic carbocycles. The van der Waals surface area contributed by atoms with Gasteiger partial charge in [-0.25, -0.2) is 0 Å². The highest BCUT2D eigenvalue weighted by atomic mass is 16.5. The molecular formula is C11H18N4O2. The number of rotatable bonds is 4. The van der Waals surface area contributed by atoms with E-state index in [1.165, 1.54) is 0 Å². The third kappa shape index (κ3) is 2.47. The van der Waals surface area contributed by atoms with Crippen molar-refractivity contribution in [3.63, 3.8) is 0 Å². The maximum Gasteiger partial charge on any atom is 0.163 e. The lowest BCUT2D eigenvalue weighted by Crippen LogP contribution is -2.00. The maximum atomic E-state index is 5.21. The first-order valence-electron chi connectivity index (χ1n) is 5.25. The van der Waals surface area contributed by atoms with Gasteiger partial charge in [0.1, 0.15) is 11.0 Å². The molecule has 3 N–H and O–H groups in total. The van der Waals surface area contributed by atoms with E-state index in [1.54, 1.807) is 19.0 Å². The average Bonchev–Trinajstić information content (AvgIpc) is 2.68. The van der Waals surface area contributed by atoms with Crippen LogP contribution in [0.5, 0.6) is 11.5 Å². The van der Waals surface area contributed by atoms with Crippen molar-refractivity contribution in [2.45, 2.75) is 19.9 Å². The Kier molecular flexibility index (Phi) is 4.28. The highest BCUT2D eigenvalue weighted by molar-refractivity contribution is 5.78. The van der Waals surface area contributed by atoms with Gasteiger partial charge in [0.2, 0.25) is 0 Å². The van der Waals surface area contributed by atoms with Crippen molar-refractivity contribution in [1.29, 1.82) is 0 Å². The molecule has 0 atom stereocenters. The Morgan fingerprint density at radius 2 is 1.53 bits per heavy atom. The minimum absolute atomic E-state index is 0. The first kappa shape index (κ1) is 13.2. The van der Waals surface area contributed by atoms with Gasteiger partial charge in [0.05, 0.1) is 20.8 Å². The van der Waals surface area contributed by atoms with Gasteiger partial charge >= 0.3 is 0 Å². The first-order valence-corrected chi connectivity index (χ1v) is 5.25. The number of nitrogens with zero attached hydrogens (tertiary/aromatic N) is 3. The minimum Gasteiger partial charge on any atom is -0.493 e. The standard InChI is InChI=1S/C11H15N3O2.H3N/c1-4-5-14-12-8-6-10(15-2)11(16-3)7-9(8)13-14;/h6-7H,4-5H2,1-3H3;1H3. The molecule has 0 radical (unpaired) electrons. The molecular weight excluding hydrogens is 220 g/mol. The highest BCUT2D eigenvalue weighted by Gasteiger charge is 2.09. The van der Waals surface area contributed by atoms with E-state index >= 15 is 0 Å². The first-order chi connectivity index (χ1) is 7.78. The van der Waals surface area contributed by atoms with E-state index < -0.39 is 0 Å². The Morgan fingerprint density at radius 3 is 1.88 bits per heavy atom. The Balaban J connectivity index is 0.00000144.